The first-order chi connectivity index (χ1) is 13.0. The van der Waals surface area contributed by atoms with E-state index < -0.39 is 22.9 Å². The molecule has 0 bridgehead atoms. The Morgan fingerprint density at radius 2 is 1.86 bits per heavy atom. The Balaban J connectivity index is 1.94. The maximum absolute atomic E-state index is 13.9. The molecule has 28 heavy (non-hydrogen) atoms. The summed E-state index contributed by atoms with van der Waals surface area (Å²) in [5.74, 6) is -0.697. The summed E-state index contributed by atoms with van der Waals surface area (Å²) in [6.07, 6.45) is -0.153. The third-order valence-corrected chi connectivity index (χ3v) is 4.81. The standard InChI is InChI=1S/C21H23ClFN3O2/c1-20(2,3)26-17-10-14(22)15(23)11-16(17)24-19(26)25-18(27)12-21(4,28)13-8-6-5-7-9-13/h5-11,28H,12H2,1-4H3,(H,24,25,27). The fraction of sp³-hybridized carbons (Fsp3) is 0.333. The molecule has 2 aromatic carbocycles. The molecule has 0 fully saturated rings. The first kappa shape index (κ1) is 20.3. The van der Waals surface area contributed by atoms with Crippen molar-refractivity contribution in [3.8, 4) is 0 Å². The lowest BCUT2D eigenvalue weighted by atomic mass is 9.92. The van der Waals surface area contributed by atoms with Crippen molar-refractivity contribution >= 4 is 34.5 Å². The molecule has 0 aliphatic rings. The highest BCUT2D eigenvalue weighted by molar-refractivity contribution is 6.31. The van der Waals surface area contributed by atoms with Gasteiger partial charge >= 0.3 is 0 Å². The van der Waals surface area contributed by atoms with Crippen LogP contribution in [0.25, 0.3) is 11.0 Å². The summed E-state index contributed by atoms with van der Waals surface area (Å²) in [6.45, 7) is 7.42. The first-order valence-electron chi connectivity index (χ1n) is 8.95. The number of hydrogen-bond acceptors (Lipinski definition) is 3. The second kappa shape index (κ2) is 7.18. The van der Waals surface area contributed by atoms with Crippen LogP contribution in [0.2, 0.25) is 5.02 Å². The second-order valence-electron chi connectivity index (χ2n) is 8.06. The molecule has 1 atom stereocenters. The van der Waals surface area contributed by atoms with Crippen molar-refractivity contribution in [1.29, 1.82) is 0 Å². The number of imidazole rings is 1. The molecule has 7 heteroatoms. The van der Waals surface area contributed by atoms with E-state index in [0.29, 0.717) is 16.6 Å². The fourth-order valence-electron chi connectivity index (χ4n) is 3.22. The fourth-order valence-corrected chi connectivity index (χ4v) is 3.37. The maximum Gasteiger partial charge on any atom is 0.229 e. The van der Waals surface area contributed by atoms with Crippen LogP contribution in [0.1, 0.15) is 39.7 Å². The summed E-state index contributed by atoms with van der Waals surface area (Å²) in [6, 6.07) is 11.7. The van der Waals surface area contributed by atoms with Gasteiger partial charge < -0.3 is 9.67 Å². The number of nitrogens with zero attached hydrogens (tertiary/aromatic N) is 2. The lowest BCUT2D eigenvalue weighted by Gasteiger charge is -2.26. The Bertz CT molecular complexity index is 1020. The molecule has 1 aromatic heterocycles. The summed E-state index contributed by atoms with van der Waals surface area (Å²) in [4.78, 5) is 17.0. The van der Waals surface area contributed by atoms with Gasteiger partial charge in [-0.2, -0.15) is 0 Å². The number of amides is 1. The van der Waals surface area contributed by atoms with Gasteiger partial charge in [-0.05, 0) is 39.3 Å². The minimum absolute atomic E-state index is 0.0113. The lowest BCUT2D eigenvalue weighted by Crippen LogP contribution is -2.31. The van der Waals surface area contributed by atoms with Gasteiger partial charge in [0.15, 0.2) is 0 Å². The molecule has 3 rings (SSSR count). The molecular weight excluding hydrogens is 381 g/mol. The molecule has 148 valence electrons. The highest BCUT2D eigenvalue weighted by Crippen LogP contribution is 2.32. The van der Waals surface area contributed by atoms with Crippen LogP contribution >= 0.6 is 11.6 Å². The molecule has 0 radical (unpaired) electrons. The van der Waals surface area contributed by atoms with Crippen LogP contribution in [-0.4, -0.2) is 20.6 Å². The average Bonchev–Trinajstić information content (AvgIpc) is 2.92. The topological polar surface area (TPSA) is 67.2 Å². The Morgan fingerprint density at radius 3 is 2.46 bits per heavy atom. The third-order valence-electron chi connectivity index (χ3n) is 4.52. The van der Waals surface area contributed by atoms with Gasteiger partial charge in [0, 0.05) is 11.6 Å². The number of fused-ring (bicyclic) bond motifs is 1. The smallest absolute Gasteiger partial charge is 0.229 e. The van der Waals surface area contributed by atoms with Crippen LogP contribution in [0.3, 0.4) is 0 Å². The zero-order chi connectivity index (χ0) is 20.7. The Hall–Kier alpha value is -2.44. The zero-order valence-corrected chi connectivity index (χ0v) is 17.0. The summed E-state index contributed by atoms with van der Waals surface area (Å²) >= 11 is 5.94. The number of aliphatic hydroxyl groups is 1. The third kappa shape index (κ3) is 4.03. The quantitative estimate of drug-likeness (QED) is 0.656. The van der Waals surface area contributed by atoms with E-state index in [4.69, 9.17) is 11.6 Å². The van der Waals surface area contributed by atoms with Gasteiger partial charge in [-0.25, -0.2) is 9.37 Å². The SMILES string of the molecule is CC(O)(CC(=O)Nc1nc2cc(F)c(Cl)cc2n1C(C)(C)C)c1ccccc1. The summed E-state index contributed by atoms with van der Waals surface area (Å²) < 4.78 is 15.7. The largest absolute Gasteiger partial charge is 0.385 e. The zero-order valence-electron chi connectivity index (χ0n) is 16.3. The molecule has 0 aliphatic carbocycles. The Morgan fingerprint density at radius 1 is 1.21 bits per heavy atom. The molecule has 3 aromatic rings. The van der Waals surface area contributed by atoms with E-state index in [2.05, 4.69) is 10.3 Å². The van der Waals surface area contributed by atoms with Crippen LogP contribution in [0.4, 0.5) is 10.3 Å². The van der Waals surface area contributed by atoms with Gasteiger partial charge in [-0.15, -0.1) is 0 Å². The van der Waals surface area contributed by atoms with Crippen LogP contribution < -0.4 is 5.32 Å². The molecular formula is C21H23ClFN3O2. The van der Waals surface area contributed by atoms with E-state index >= 15 is 0 Å². The normalized spacial score (nSPS) is 14.1. The van der Waals surface area contributed by atoms with Gasteiger partial charge in [0.2, 0.25) is 11.9 Å². The molecule has 1 heterocycles. The van der Waals surface area contributed by atoms with Crippen molar-refractivity contribution in [3.05, 3.63) is 58.9 Å². The number of rotatable bonds is 4. The number of halogens is 2. The number of benzene rings is 2. The van der Waals surface area contributed by atoms with E-state index in [1.807, 2.05) is 26.8 Å². The minimum atomic E-state index is -1.33. The molecule has 5 nitrogen and oxygen atoms in total. The van der Waals surface area contributed by atoms with Crippen molar-refractivity contribution in [2.75, 3.05) is 5.32 Å². The van der Waals surface area contributed by atoms with Crippen molar-refractivity contribution in [1.82, 2.24) is 9.55 Å². The van der Waals surface area contributed by atoms with E-state index in [1.54, 1.807) is 35.8 Å². The van der Waals surface area contributed by atoms with Crippen LogP contribution in [0.5, 0.6) is 0 Å². The Labute approximate surface area is 168 Å². The van der Waals surface area contributed by atoms with Gasteiger partial charge in [-0.1, -0.05) is 41.9 Å². The van der Waals surface area contributed by atoms with Gasteiger partial charge in [0.25, 0.3) is 0 Å². The van der Waals surface area contributed by atoms with Crippen LogP contribution in [-0.2, 0) is 15.9 Å². The number of carbonyl (C=O) groups excluding carboxylic acids is 1. The van der Waals surface area contributed by atoms with Gasteiger partial charge in [0.05, 0.1) is 28.1 Å². The number of nitrogens with one attached hydrogen (secondary N) is 1. The van der Waals surface area contributed by atoms with Crippen molar-refractivity contribution in [2.45, 2.75) is 45.3 Å². The summed E-state index contributed by atoms with van der Waals surface area (Å²) in [5, 5.41) is 13.5. The molecule has 0 saturated heterocycles. The molecule has 1 amide bonds. The molecule has 0 aliphatic heterocycles. The van der Waals surface area contributed by atoms with Crippen molar-refractivity contribution in [3.63, 3.8) is 0 Å². The van der Waals surface area contributed by atoms with E-state index in [0.717, 1.165) is 0 Å². The highest BCUT2D eigenvalue weighted by atomic mass is 35.5. The summed E-state index contributed by atoms with van der Waals surface area (Å²) in [5.41, 5.74) is -0.130. The predicted octanol–water partition coefficient (Wildman–Crippen LogP) is 4.82. The van der Waals surface area contributed by atoms with E-state index in [-0.39, 0.29) is 17.4 Å². The van der Waals surface area contributed by atoms with E-state index in [9.17, 15) is 14.3 Å². The Kier molecular flexibility index (Phi) is 5.21. The monoisotopic (exact) mass is 403 g/mol. The molecule has 1 unspecified atom stereocenters. The lowest BCUT2D eigenvalue weighted by molar-refractivity contribution is -0.120. The van der Waals surface area contributed by atoms with Gasteiger partial charge in [-0.3, -0.25) is 10.1 Å². The molecule has 2 N–H and O–H groups in total. The summed E-state index contributed by atoms with van der Waals surface area (Å²) in [7, 11) is 0. The van der Waals surface area contributed by atoms with Crippen molar-refractivity contribution < 1.29 is 14.3 Å². The molecule has 0 saturated carbocycles. The number of aromatic nitrogens is 2. The van der Waals surface area contributed by atoms with Crippen LogP contribution in [0.15, 0.2) is 42.5 Å². The number of anilines is 1. The highest BCUT2D eigenvalue weighted by Gasteiger charge is 2.29. The predicted molar refractivity (Wildman–Crippen MR) is 109 cm³/mol. The first-order valence-corrected chi connectivity index (χ1v) is 9.32. The number of hydrogen-bond donors (Lipinski definition) is 2. The average molecular weight is 404 g/mol. The van der Waals surface area contributed by atoms with Gasteiger partial charge in [0.1, 0.15) is 5.82 Å². The van der Waals surface area contributed by atoms with Crippen molar-refractivity contribution in [2.24, 2.45) is 0 Å². The maximum atomic E-state index is 13.9. The van der Waals surface area contributed by atoms with Crippen LogP contribution in [0, 0.1) is 5.82 Å². The minimum Gasteiger partial charge on any atom is -0.385 e. The molecule has 0 spiro atoms. The van der Waals surface area contributed by atoms with E-state index in [1.165, 1.54) is 12.1 Å². The number of carbonyl (C=O) groups is 1. The second-order valence-corrected chi connectivity index (χ2v) is 8.47.